The van der Waals surface area contributed by atoms with Gasteiger partial charge in [-0.25, -0.2) is 0 Å². The zero-order valence-corrected chi connectivity index (χ0v) is 7.42. The first-order chi connectivity index (χ1) is 5.33. The third-order valence-electron chi connectivity index (χ3n) is 3.78. The highest BCUT2D eigenvalue weighted by Gasteiger charge is 2.44. The van der Waals surface area contributed by atoms with Crippen molar-refractivity contribution in [1.29, 1.82) is 0 Å². The lowest BCUT2D eigenvalue weighted by molar-refractivity contribution is 0.271. The third kappa shape index (κ3) is 1.10. The molecule has 2 bridgehead atoms. The van der Waals surface area contributed by atoms with Crippen molar-refractivity contribution in [3.8, 4) is 0 Å². The Balaban J connectivity index is 2.00. The molecule has 0 aromatic carbocycles. The van der Waals surface area contributed by atoms with E-state index in [0.717, 1.165) is 17.8 Å². The van der Waals surface area contributed by atoms with Crippen molar-refractivity contribution < 1.29 is 0 Å². The topological polar surface area (TPSA) is 26.0 Å². The fourth-order valence-electron chi connectivity index (χ4n) is 3.22. The first-order valence-corrected chi connectivity index (χ1v) is 5.08. The quantitative estimate of drug-likeness (QED) is 0.646. The minimum absolute atomic E-state index is 0.564. The highest BCUT2D eigenvalue weighted by molar-refractivity contribution is 4.98. The lowest BCUT2D eigenvalue weighted by Gasteiger charge is -2.27. The molecule has 0 spiro atoms. The molecular weight excluding hydrogens is 134 g/mol. The molecule has 4 atom stereocenters. The van der Waals surface area contributed by atoms with Crippen molar-refractivity contribution >= 4 is 0 Å². The second kappa shape index (κ2) is 2.78. The maximum atomic E-state index is 6.15. The molecule has 0 saturated heterocycles. The van der Waals surface area contributed by atoms with Crippen molar-refractivity contribution in [1.82, 2.24) is 0 Å². The third-order valence-corrected chi connectivity index (χ3v) is 3.78. The smallest absolute Gasteiger partial charge is 0.00983 e. The van der Waals surface area contributed by atoms with Crippen LogP contribution in [-0.4, -0.2) is 6.04 Å². The van der Waals surface area contributed by atoms with E-state index in [4.69, 9.17) is 5.73 Å². The maximum Gasteiger partial charge on any atom is 0.00983 e. The molecule has 2 rings (SSSR count). The summed E-state index contributed by atoms with van der Waals surface area (Å²) in [5, 5.41) is 0. The van der Waals surface area contributed by atoms with Crippen LogP contribution < -0.4 is 5.73 Å². The first kappa shape index (κ1) is 7.60. The predicted molar refractivity (Wildman–Crippen MR) is 47.2 cm³/mol. The minimum Gasteiger partial charge on any atom is -0.327 e. The monoisotopic (exact) mass is 153 g/mol. The summed E-state index contributed by atoms with van der Waals surface area (Å²) in [4.78, 5) is 0. The van der Waals surface area contributed by atoms with E-state index < -0.39 is 0 Å². The van der Waals surface area contributed by atoms with E-state index in [-0.39, 0.29) is 0 Å². The second-order valence-corrected chi connectivity index (χ2v) is 4.36. The Kier molecular flexibility index (Phi) is 1.92. The van der Waals surface area contributed by atoms with Crippen LogP contribution in [0.4, 0.5) is 0 Å². The van der Waals surface area contributed by atoms with Crippen LogP contribution in [0.1, 0.15) is 39.0 Å². The molecule has 1 nitrogen and oxygen atoms in total. The molecule has 2 saturated carbocycles. The molecule has 0 amide bonds. The van der Waals surface area contributed by atoms with E-state index >= 15 is 0 Å². The average molecular weight is 153 g/mol. The van der Waals surface area contributed by atoms with Crippen LogP contribution >= 0.6 is 0 Å². The van der Waals surface area contributed by atoms with Crippen LogP contribution in [0.3, 0.4) is 0 Å². The molecule has 11 heavy (non-hydrogen) atoms. The largest absolute Gasteiger partial charge is 0.327 e. The van der Waals surface area contributed by atoms with Gasteiger partial charge in [-0.2, -0.15) is 0 Å². The number of nitrogens with two attached hydrogens (primary N) is 1. The zero-order chi connectivity index (χ0) is 7.84. The van der Waals surface area contributed by atoms with E-state index in [1.807, 2.05) is 0 Å². The molecule has 0 aliphatic heterocycles. The summed E-state index contributed by atoms with van der Waals surface area (Å²) >= 11 is 0. The van der Waals surface area contributed by atoms with Crippen molar-refractivity contribution in [3.63, 3.8) is 0 Å². The zero-order valence-electron chi connectivity index (χ0n) is 7.42. The first-order valence-electron chi connectivity index (χ1n) is 5.08. The molecule has 2 fully saturated rings. The van der Waals surface area contributed by atoms with Gasteiger partial charge in [-0.05, 0) is 43.4 Å². The van der Waals surface area contributed by atoms with Gasteiger partial charge in [0, 0.05) is 6.04 Å². The molecule has 2 N–H and O–H groups in total. The maximum absolute atomic E-state index is 6.15. The number of fused-ring (bicyclic) bond motifs is 2. The SMILES string of the molecule is CCC[C@H]1[C@@H]2CC[C@@H](C2)[C@@H]1N. The summed E-state index contributed by atoms with van der Waals surface area (Å²) in [5.41, 5.74) is 6.15. The Bertz CT molecular complexity index is 142. The van der Waals surface area contributed by atoms with Gasteiger partial charge >= 0.3 is 0 Å². The van der Waals surface area contributed by atoms with Gasteiger partial charge in [0.25, 0.3) is 0 Å². The lowest BCUT2D eigenvalue weighted by atomic mass is 9.82. The summed E-state index contributed by atoms with van der Waals surface area (Å²) < 4.78 is 0. The Hall–Kier alpha value is -0.0400. The molecule has 0 aromatic rings. The van der Waals surface area contributed by atoms with Crippen molar-refractivity contribution in [2.75, 3.05) is 0 Å². The van der Waals surface area contributed by atoms with Crippen LogP contribution in [0, 0.1) is 17.8 Å². The molecule has 64 valence electrons. The van der Waals surface area contributed by atoms with E-state index in [9.17, 15) is 0 Å². The molecule has 0 aromatic heterocycles. The van der Waals surface area contributed by atoms with Gasteiger partial charge in [-0.15, -0.1) is 0 Å². The summed E-state index contributed by atoms with van der Waals surface area (Å²) in [6, 6.07) is 0.564. The minimum atomic E-state index is 0.564. The Morgan fingerprint density at radius 3 is 2.55 bits per heavy atom. The summed E-state index contributed by atoms with van der Waals surface area (Å²) in [7, 11) is 0. The van der Waals surface area contributed by atoms with E-state index in [1.165, 1.54) is 32.1 Å². The van der Waals surface area contributed by atoms with Crippen LogP contribution in [-0.2, 0) is 0 Å². The average Bonchev–Trinajstić information content (AvgIpc) is 2.54. The molecule has 0 heterocycles. The Morgan fingerprint density at radius 2 is 2.00 bits per heavy atom. The highest BCUT2D eigenvalue weighted by Crippen LogP contribution is 2.49. The van der Waals surface area contributed by atoms with Crippen LogP contribution in [0.15, 0.2) is 0 Å². The van der Waals surface area contributed by atoms with Gasteiger partial charge in [-0.3, -0.25) is 0 Å². The Morgan fingerprint density at radius 1 is 1.27 bits per heavy atom. The Labute approximate surface area is 69.4 Å². The fraction of sp³-hybridized carbons (Fsp3) is 1.00. The molecule has 0 radical (unpaired) electrons. The predicted octanol–water partition coefficient (Wildman–Crippen LogP) is 2.16. The van der Waals surface area contributed by atoms with Gasteiger partial charge in [0.15, 0.2) is 0 Å². The van der Waals surface area contributed by atoms with Crippen molar-refractivity contribution in [2.45, 2.75) is 45.1 Å². The molecular formula is C10H19N. The van der Waals surface area contributed by atoms with Gasteiger partial charge in [0.2, 0.25) is 0 Å². The molecule has 2 aliphatic carbocycles. The summed E-state index contributed by atoms with van der Waals surface area (Å²) in [5.74, 6) is 2.80. The van der Waals surface area contributed by atoms with Crippen LogP contribution in [0.2, 0.25) is 0 Å². The molecule has 1 heteroatoms. The number of hydrogen-bond acceptors (Lipinski definition) is 1. The number of hydrogen-bond donors (Lipinski definition) is 1. The normalized spacial score (nSPS) is 48.5. The lowest BCUT2D eigenvalue weighted by Crippen LogP contribution is -2.35. The fourth-order valence-corrected chi connectivity index (χ4v) is 3.22. The van der Waals surface area contributed by atoms with E-state index in [1.54, 1.807) is 0 Å². The second-order valence-electron chi connectivity index (χ2n) is 4.36. The van der Waals surface area contributed by atoms with Gasteiger partial charge in [0.05, 0.1) is 0 Å². The van der Waals surface area contributed by atoms with Gasteiger partial charge in [0.1, 0.15) is 0 Å². The van der Waals surface area contributed by atoms with E-state index in [0.29, 0.717) is 6.04 Å². The summed E-state index contributed by atoms with van der Waals surface area (Å²) in [6.07, 6.45) is 7.05. The van der Waals surface area contributed by atoms with E-state index in [2.05, 4.69) is 6.92 Å². The highest BCUT2D eigenvalue weighted by atomic mass is 14.7. The van der Waals surface area contributed by atoms with Crippen molar-refractivity contribution in [3.05, 3.63) is 0 Å². The standard InChI is InChI=1S/C10H19N/c1-2-3-9-7-4-5-8(6-7)10(9)11/h7-10H,2-6,11H2,1H3/t7-,8+,9+,10+/m1/s1. The van der Waals surface area contributed by atoms with Gasteiger partial charge in [-0.1, -0.05) is 13.3 Å². The molecule has 0 unspecified atom stereocenters. The van der Waals surface area contributed by atoms with Crippen LogP contribution in [0.25, 0.3) is 0 Å². The van der Waals surface area contributed by atoms with Crippen LogP contribution in [0.5, 0.6) is 0 Å². The number of rotatable bonds is 2. The summed E-state index contributed by atoms with van der Waals surface area (Å²) in [6.45, 7) is 2.28. The van der Waals surface area contributed by atoms with Gasteiger partial charge < -0.3 is 5.73 Å². The van der Waals surface area contributed by atoms with Crippen molar-refractivity contribution in [2.24, 2.45) is 23.5 Å². The molecule has 2 aliphatic rings.